The minimum absolute atomic E-state index is 0.213. The van der Waals surface area contributed by atoms with Crippen LogP contribution in [0.3, 0.4) is 0 Å². The number of hydrogen-bond acceptors (Lipinski definition) is 2. The molecule has 0 aliphatic carbocycles. The number of rotatable bonds is 4. The van der Waals surface area contributed by atoms with E-state index in [0.717, 1.165) is 24.1 Å². The highest BCUT2D eigenvalue weighted by atomic mass is 16.5. The number of hydrogen-bond donors (Lipinski definition) is 1. The first-order chi connectivity index (χ1) is 6.70. The summed E-state index contributed by atoms with van der Waals surface area (Å²) in [7, 11) is 0. The van der Waals surface area contributed by atoms with E-state index in [1.165, 1.54) is 0 Å². The van der Waals surface area contributed by atoms with E-state index in [0.29, 0.717) is 12.2 Å². The number of esters is 1. The number of aryl methyl sites for hydroxylation is 2. The molecule has 1 N–H and O–H groups in total. The minimum atomic E-state index is -0.213. The Labute approximate surface area is 84.5 Å². The fourth-order valence-corrected chi connectivity index (χ4v) is 1.51. The van der Waals surface area contributed by atoms with Crippen molar-refractivity contribution in [1.82, 2.24) is 4.98 Å². The van der Waals surface area contributed by atoms with Gasteiger partial charge in [0.25, 0.3) is 0 Å². The van der Waals surface area contributed by atoms with Crippen LogP contribution in [0.15, 0.2) is 6.20 Å². The van der Waals surface area contributed by atoms with E-state index in [-0.39, 0.29) is 5.97 Å². The van der Waals surface area contributed by atoms with Crippen molar-refractivity contribution < 1.29 is 9.53 Å². The van der Waals surface area contributed by atoms with Gasteiger partial charge in [0, 0.05) is 11.9 Å². The van der Waals surface area contributed by atoms with Crippen molar-refractivity contribution in [2.75, 3.05) is 6.61 Å². The van der Waals surface area contributed by atoms with Crippen LogP contribution in [0.2, 0.25) is 0 Å². The highest BCUT2D eigenvalue weighted by molar-refractivity contribution is 5.92. The van der Waals surface area contributed by atoms with Gasteiger partial charge in [-0.1, -0.05) is 13.3 Å². The summed E-state index contributed by atoms with van der Waals surface area (Å²) >= 11 is 0. The van der Waals surface area contributed by atoms with E-state index >= 15 is 0 Å². The predicted molar refractivity (Wildman–Crippen MR) is 55.5 cm³/mol. The summed E-state index contributed by atoms with van der Waals surface area (Å²) in [5.74, 6) is -0.213. The lowest BCUT2D eigenvalue weighted by Gasteiger charge is -2.03. The van der Waals surface area contributed by atoms with Gasteiger partial charge in [0.15, 0.2) is 0 Å². The highest BCUT2D eigenvalue weighted by Crippen LogP contribution is 2.16. The fraction of sp³-hybridized carbons (Fsp3) is 0.545. The smallest absolute Gasteiger partial charge is 0.340 e. The van der Waals surface area contributed by atoms with Crippen LogP contribution in [0.5, 0.6) is 0 Å². The molecule has 0 bridgehead atoms. The first-order valence-corrected chi connectivity index (χ1v) is 5.04. The number of nitrogens with one attached hydrogen (secondary N) is 1. The zero-order valence-electron chi connectivity index (χ0n) is 9.02. The quantitative estimate of drug-likeness (QED) is 0.750. The molecule has 0 spiro atoms. The number of aromatic amines is 1. The summed E-state index contributed by atoms with van der Waals surface area (Å²) < 4.78 is 5.00. The van der Waals surface area contributed by atoms with Gasteiger partial charge in [-0.15, -0.1) is 0 Å². The topological polar surface area (TPSA) is 42.1 Å². The van der Waals surface area contributed by atoms with E-state index < -0.39 is 0 Å². The SMILES string of the molecule is CCCc1[nH]cc(C)c1C(=O)OCC. The van der Waals surface area contributed by atoms with Crippen LogP contribution in [0, 0.1) is 6.92 Å². The summed E-state index contributed by atoms with van der Waals surface area (Å²) in [4.78, 5) is 14.7. The summed E-state index contributed by atoms with van der Waals surface area (Å²) in [6.45, 7) is 6.25. The summed E-state index contributed by atoms with van der Waals surface area (Å²) in [5.41, 5.74) is 2.67. The van der Waals surface area contributed by atoms with Gasteiger partial charge in [0.2, 0.25) is 0 Å². The van der Waals surface area contributed by atoms with Gasteiger partial charge in [-0.2, -0.15) is 0 Å². The molecule has 78 valence electrons. The lowest BCUT2D eigenvalue weighted by Crippen LogP contribution is -2.08. The summed E-state index contributed by atoms with van der Waals surface area (Å²) in [6, 6.07) is 0. The number of ether oxygens (including phenoxy) is 1. The van der Waals surface area contributed by atoms with Gasteiger partial charge in [0.05, 0.1) is 12.2 Å². The van der Waals surface area contributed by atoms with Crippen LogP contribution >= 0.6 is 0 Å². The van der Waals surface area contributed by atoms with Crippen molar-refractivity contribution in [3.05, 3.63) is 23.0 Å². The zero-order chi connectivity index (χ0) is 10.6. The molecule has 0 fully saturated rings. The summed E-state index contributed by atoms with van der Waals surface area (Å²) in [5, 5.41) is 0. The second-order valence-corrected chi connectivity index (χ2v) is 3.30. The largest absolute Gasteiger partial charge is 0.462 e. The van der Waals surface area contributed by atoms with Gasteiger partial charge in [-0.3, -0.25) is 0 Å². The second kappa shape index (κ2) is 4.84. The molecule has 1 heterocycles. The van der Waals surface area contributed by atoms with Crippen LogP contribution in [-0.2, 0) is 11.2 Å². The maximum Gasteiger partial charge on any atom is 0.340 e. The molecule has 0 amide bonds. The molecule has 0 aliphatic rings. The number of H-pyrrole nitrogens is 1. The van der Waals surface area contributed by atoms with Crippen LogP contribution in [0.1, 0.15) is 41.9 Å². The Hall–Kier alpha value is -1.25. The third-order valence-electron chi connectivity index (χ3n) is 2.14. The molecule has 3 nitrogen and oxygen atoms in total. The Morgan fingerprint density at radius 2 is 2.21 bits per heavy atom. The van der Waals surface area contributed by atoms with E-state index in [9.17, 15) is 4.79 Å². The molecule has 14 heavy (non-hydrogen) atoms. The lowest BCUT2D eigenvalue weighted by molar-refractivity contribution is 0.0524. The van der Waals surface area contributed by atoms with E-state index in [2.05, 4.69) is 11.9 Å². The maximum atomic E-state index is 11.6. The van der Waals surface area contributed by atoms with Gasteiger partial charge in [0.1, 0.15) is 0 Å². The molecule has 1 aromatic heterocycles. The van der Waals surface area contributed by atoms with Crippen molar-refractivity contribution in [3.8, 4) is 0 Å². The van der Waals surface area contributed by atoms with Gasteiger partial charge in [-0.25, -0.2) is 4.79 Å². The monoisotopic (exact) mass is 195 g/mol. The van der Waals surface area contributed by atoms with E-state index in [1.807, 2.05) is 20.0 Å². The second-order valence-electron chi connectivity index (χ2n) is 3.30. The normalized spacial score (nSPS) is 10.2. The van der Waals surface area contributed by atoms with Crippen LogP contribution in [-0.4, -0.2) is 17.6 Å². The highest BCUT2D eigenvalue weighted by Gasteiger charge is 2.16. The average Bonchev–Trinajstić information content (AvgIpc) is 2.48. The number of carbonyl (C=O) groups is 1. The molecule has 0 radical (unpaired) electrons. The molecule has 3 heteroatoms. The van der Waals surface area contributed by atoms with Crippen molar-refractivity contribution in [3.63, 3.8) is 0 Å². The molecule has 0 unspecified atom stereocenters. The van der Waals surface area contributed by atoms with Crippen molar-refractivity contribution in [1.29, 1.82) is 0 Å². The molecular weight excluding hydrogens is 178 g/mol. The van der Waals surface area contributed by atoms with Crippen LogP contribution in [0.4, 0.5) is 0 Å². The average molecular weight is 195 g/mol. The standard InChI is InChI=1S/C11H17NO2/c1-4-6-9-10(8(3)7-12-9)11(13)14-5-2/h7,12H,4-6H2,1-3H3. The van der Waals surface area contributed by atoms with Crippen molar-refractivity contribution >= 4 is 5.97 Å². The molecule has 0 aliphatic heterocycles. The van der Waals surface area contributed by atoms with Crippen LogP contribution < -0.4 is 0 Å². The van der Waals surface area contributed by atoms with E-state index in [4.69, 9.17) is 4.74 Å². The fourth-order valence-electron chi connectivity index (χ4n) is 1.51. The van der Waals surface area contributed by atoms with Crippen molar-refractivity contribution in [2.24, 2.45) is 0 Å². The van der Waals surface area contributed by atoms with Gasteiger partial charge < -0.3 is 9.72 Å². The van der Waals surface area contributed by atoms with E-state index in [1.54, 1.807) is 0 Å². The number of aromatic nitrogens is 1. The van der Waals surface area contributed by atoms with Crippen molar-refractivity contribution in [2.45, 2.75) is 33.6 Å². The molecular formula is C11H17NO2. The molecule has 1 aromatic rings. The third kappa shape index (κ3) is 2.16. The molecule has 1 rings (SSSR count). The predicted octanol–water partition coefficient (Wildman–Crippen LogP) is 2.45. The number of carbonyl (C=O) groups excluding carboxylic acids is 1. The zero-order valence-corrected chi connectivity index (χ0v) is 9.02. The first-order valence-electron chi connectivity index (χ1n) is 5.04. The molecule has 0 aromatic carbocycles. The molecule has 0 atom stereocenters. The minimum Gasteiger partial charge on any atom is -0.462 e. The Kier molecular flexibility index (Phi) is 3.74. The maximum absolute atomic E-state index is 11.6. The van der Waals surface area contributed by atoms with Gasteiger partial charge >= 0.3 is 5.97 Å². The van der Waals surface area contributed by atoms with Crippen LogP contribution in [0.25, 0.3) is 0 Å². The Bertz CT molecular complexity index is 315. The Balaban J connectivity index is 2.92. The molecule has 0 saturated carbocycles. The van der Waals surface area contributed by atoms with Gasteiger partial charge in [-0.05, 0) is 25.8 Å². The third-order valence-corrected chi connectivity index (χ3v) is 2.14. The Morgan fingerprint density at radius 3 is 2.79 bits per heavy atom. The lowest BCUT2D eigenvalue weighted by atomic mass is 10.1. The first kappa shape index (κ1) is 10.8. The molecule has 0 saturated heterocycles. The summed E-state index contributed by atoms with van der Waals surface area (Å²) in [6.07, 6.45) is 3.77. The Morgan fingerprint density at radius 1 is 1.50 bits per heavy atom.